The normalized spacial score (nSPS) is 17.1. The van der Waals surface area contributed by atoms with Crippen LogP contribution < -0.4 is 10.1 Å². The molecule has 1 saturated heterocycles. The number of hydrogen-bond acceptors (Lipinski definition) is 3. The maximum Gasteiger partial charge on any atom is 0.573 e. The number of rotatable bonds is 4. The molecule has 0 radical (unpaired) electrons. The number of halogens is 4. The molecule has 0 aliphatic carbocycles. The lowest BCUT2D eigenvalue weighted by Crippen LogP contribution is -2.45. The average molecular weight is 368 g/mol. The van der Waals surface area contributed by atoms with Gasteiger partial charge in [-0.1, -0.05) is 24.3 Å². The molecule has 0 bridgehead atoms. The smallest absolute Gasteiger partial charge is 0.406 e. The van der Waals surface area contributed by atoms with Crippen LogP contribution in [0.3, 0.4) is 0 Å². The molecule has 1 aliphatic heterocycles. The Morgan fingerprint density at radius 1 is 1.00 bits per heavy atom. The van der Waals surface area contributed by atoms with Crippen molar-refractivity contribution in [1.29, 1.82) is 0 Å². The van der Waals surface area contributed by atoms with Gasteiger partial charge in [-0.25, -0.2) is 4.39 Å². The second-order valence-corrected chi connectivity index (χ2v) is 6.31. The average Bonchev–Trinajstić information content (AvgIpc) is 2.59. The van der Waals surface area contributed by atoms with Crippen molar-refractivity contribution >= 4 is 0 Å². The minimum absolute atomic E-state index is 0.230. The Morgan fingerprint density at radius 3 is 2.19 bits per heavy atom. The Balaban J connectivity index is 1.93. The van der Waals surface area contributed by atoms with Crippen LogP contribution in [-0.2, 0) is 0 Å². The van der Waals surface area contributed by atoms with Crippen molar-refractivity contribution in [3.05, 3.63) is 65.0 Å². The van der Waals surface area contributed by atoms with Crippen LogP contribution >= 0.6 is 0 Å². The van der Waals surface area contributed by atoms with E-state index < -0.39 is 6.36 Å². The highest BCUT2D eigenvalue weighted by molar-refractivity contribution is 5.37. The highest BCUT2D eigenvalue weighted by atomic mass is 19.4. The van der Waals surface area contributed by atoms with Crippen LogP contribution in [-0.4, -0.2) is 37.4 Å². The van der Waals surface area contributed by atoms with Crippen molar-refractivity contribution in [3.63, 3.8) is 0 Å². The van der Waals surface area contributed by atoms with Gasteiger partial charge in [-0.2, -0.15) is 0 Å². The zero-order valence-corrected chi connectivity index (χ0v) is 14.3. The molecule has 2 aromatic rings. The Hall–Kier alpha value is -2.12. The number of hydrogen-bond donors (Lipinski definition) is 1. The van der Waals surface area contributed by atoms with Gasteiger partial charge in [0.25, 0.3) is 0 Å². The molecule has 0 saturated carbocycles. The fraction of sp³-hybridized carbons (Fsp3) is 0.368. The zero-order chi connectivity index (χ0) is 18.7. The number of aryl methyl sites for hydroxylation is 1. The lowest BCUT2D eigenvalue weighted by Gasteiger charge is -2.35. The molecule has 1 aliphatic rings. The second-order valence-electron chi connectivity index (χ2n) is 6.31. The van der Waals surface area contributed by atoms with E-state index in [2.05, 4.69) is 15.0 Å². The molecule has 1 N–H and O–H groups in total. The first-order valence-electron chi connectivity index (χ1n) is 8.40. The maximum atomic E-state index is 14.1. The number of piperazine rings is 1. The molecule has 0 unspecified atom stereocenters. The maximum absolute atomic E-state index is 14.1. The van der Waals surface area contributed by atoms with Gasteiger partial charge < -0.3 is 10.1 Å². The molecule has 0 aromatic heterocycles. The summed E-state index contributed by atoms with van der Waals surface area (Å²) in [6, 6.07) is 10.7. The van der Waals surface area contributed by atoms with Crippen LogP contribution in [0.15, 0.2) is 42.5 Å². The largest absolute Gasteiger partial charge is 0.573 e. The van der Waals surface area contributed by atoms with Gasteiger partial charge in [0.05, 0.1) is 6.04 Å². The SMILES string of the molecule is Cc1ccc([C@@H](c2ccc(OC(F)(F)F)cc2)N2CCNCC2)cc1F. The minimum atomic E-state index is -4.72. The summed E-state index contributed by atoms with van der Waals surface area (Å²) in [5.74, 6) is -0.560. The third-order valence-corrected chi connectivity index (χ3v) is 4.46. The molecule has 1 heterocycles. The van der Waals surface area contributed by atoms with E-state index in [1.807, 2.05) is 6.07 Å². The molecular formula is C19H20F4N2O. The molecule has 26 heavy (non-hydrogen) atoms. The molecule has 0 spiro atoms. The van der Waals surface area contributed by atoms with E-state index in [9.17, 15) is 17.6 Å². The summed E-state index contributed by atoms with van der Waals surface area (Å²) in [4.78, 5) is 2.19. The molecule has 3 nitrogen and oxygen atoms in total. The number of ether oxygens (including phenoxy) is 1. The summed E-state index contributed by atoms with van der Waals surface area (Å²) in [5.41, 5.74) is 2.13. The predicted octanol–water partition coefficient (Wildman–Crippen LogP) is 4.03. The van der Waals surface area contributed by atoms with E-state index >= 15 is 0 Å². The highest BCUT2D eigenvalue weighted by Gasteiger charge is 2.31. The van der Waals surface area contributed by atoms with Gasteiger partial charge in [0.15, 0.2) is 0 Å². The monoisotopic (exact) mass is 368 g/mol. The van der Waals surface area contributed by atoms with Crippen molar-refractivity contribution in [2.75, 3.05) is 26.2 Å². The van der Waals surface area contributed by atoms with E-state index in [0.717, 1.165) is 37.3 Å². The third kappa shape index (κ3) is 4.53. The highest BCUT2D eigenvalue weighted by Crippen LogP contribution is 2.32. The van der Waals surface area contributed by atoms with Gasteiger partial charge in [-0.3, -0.25) is 4.90 Å². The number of alkyl halides is 3. The lowest BCUT2D eigenvalue weighted by atomic mass is 9.95. The number of benzene rings is 2. The van der Waals surface area contributed by atoms with Gasteiger partial charge in [0.2, 0.25) is 0 Å². The van der Waals surface area contributed by atoms with Crippen molar-refractivity contribution < 1.29 is 22.3 Å². The van der Waals surface area contributed by atoms with E-state index in [4.69, 9.17) is 0 Å². The third-order valence-electron chi connectivity index (χ3n) is 4.46. The molecule has 1 atom stereocenters. The molecule has 2 aromatic carbocycles. The predicted molar refractivity (Wildman–Crippen MR) is 90.5 cm³/mol. The van der Waals surface area contributed by atoms with Crippen LogP contribution in [0.25, 0.3) is 0 Å². The number of nitrogens with one attached hydrogen (secondary N) is 1. The lowest BCUT2D eigenvalue weighted by molar-refractivity contribution is -0.274. The fourth-order valence-electron chi connectivity index (χ4n) is 3.19. The Kier molecular flexibility index (Phi) is 5.48. The van der Waals surface area contributed by atoms with Crippen molar-refractivity contribution in [2.24, 2.45) is 0 Å². The first-order chi connectivity index (χ1) is 12.3. The summed E-state index contributed by atoms with van der Waals surface area (Å²) in [7, 11) is 0. The van der Waals surface area contributed by atoms with Crippen molar-refractivity contribution in [3.8, 4) is 5.75 Å². The van der Waals surface area contributed by atoms with Crippen LogP contribution in [0, 0.1) is 12.7 Å². The summed E-state index contributed by atoms with van der Waals surface area (Å²) in [6.45, 7) is 4.84. The Bertz CT molecular complexity index is 740. The molecule has 140 valence electrons. The van der Waals surface area contributed by atoms with E-state index in [1.165, 1.54) is 18.2 Å². The summed E-state index contributed by atoms with van der Waals surface area (Å²) >= 11 is 0. The first-order valence-corrected chi connectivity index (χ1v) is 8.40. The van der Waals surface area contributed by atoms with Crippen LogP contribution in [0.1, 0.15) is 22.7 Å². The molecule has 7 heteroatoms. The van der Waals surface area contributed by atoms with Crippen LogP contribution in [0.5, 0.6) is 5.75 Å². The molecular weight excluding hydrogens is 348 g/mol. The standard InChI is InChI=1S/C19H20F4N2O/c1-13-2-3-15(12-17(13)20)18(25-10-8-24-9-11-25)14-4-6-16(7-5-14)26-19(21,22)23/h2-7,12,18,24H,8-11H2,1H3/t18-/m1/s1. The number of nitrogens with zero attached hydrogens (tertiary/aromatic N) is 1. The van der Waals surface area contributed by atoms with Gasteiger partial charge in [-0.15, -0.1) is 13.2 Å². The van der Waals surface area contributed by atoms with Crippen molar-refractivity contribution in [2.45, 2.75) is 19.3 Å². The quantitative estimate of drug-likeness (QED) is 0.825. The summed E-state index contributed by atoms with van der Waals surface area (Å²) in [5, 5.41) is 3.27. The van der Waals surface area contributed by atoms with Crippen LogP contribution in [0.2, 0.25) is 0 Å². The topological polar surface area (TPSA) is 24.5 Å². The Morgan fingerprint density at radius 2 is 1.62 bits per heavy atom. The van der Waals surface area contributed by atoms with Gasteiger partial charge in [0, 0.05) is 26.2 Å². The molecule has 0 amide bonds. The van der Waals surface area contributed by atoms with Gasteiger partial charge in [-0.05, 0) is 41.8 Å². The van der Waals surface area contributed by atoms with E-state index in [0.29, 0.717) is 5.56 Å². The van der Waals surface area contributed by atoms with E-state index in [-0.39, 0.29) is 17.6 Å². The van der Waals surface area contributed by atoms with Crippen molar-refractivity contribution in [1.82, 2.24) is 10.2 Å². The fourth-order valence-corrected chi connectivity index (χ4v) is 3.19. The van der Waals surface area contributed by atoms with E-state index in [1.54, 1.807) is 25.1 Å². The van der Waals surface area contributed by atoms with Gasteiger partial charge >= 0.3 is 6.36 Å². The Labute approximate surface area is 149 Å². The minimum Gasteiger partial charge on any atom is -0.406 e. The van der Waals surface area contributed by atoms with Crippen LogP contribution in [0.4, 0.5) is 17.6 Å². The summed E-state index contributed by atoms with van der Waals surface area (Å²) in [6.07, 6.45) is -4.72. The molecule has 1 fully saturated rings. The summed E-state index contributed by atoms with van der Waals surface area (Å²) < 4.78 is 55.1. The zero-order valence-electron chi connectivity index (χ0n) is 14.3. The van der Waals surface area contributed by atoms with Gasteiger partial charge in [0.1, 0.15) is 11.6 Å². The molecule has 3 rings (SSSR count). The first kappa shape index (κ1) is 18.7. The second kappa shape index (κ2) is 7.63.